The number of aryl methyl sites for hydroxylation is 1. The predicted molar refractivity (Wildman–Crippen MR) is 140 cm³/mol. The van der Waals surface area contributed by atoms with Crippen molar-refractivity contribution >= 4 is 29.9 Å². The van der Waals surface area contributed by atoms with Gasteiger partial charge in [0.1, 0.15) is 11.9 Å². The SMILES string of the molecule is CCNC(=NCc1cccc2c1OCCCO2)NCc1ccc(C)cc1OC1CCOC1.I. The lowest BCUT2D eigenvalue weighted by Gasteiger charge is -2.18. The summed E-state index contributed by atoms with van der Waals surface area (Å²) in [6, 6.07) is 12.3. The monoisotopic (exact) mass is 567 g/mol. The fraction of sp³-hybridized carbons (Fsp3) is 0.480. The molecule has 2 heterocycles. The topological polar surface area (TPSA) is 73.3 Å². The molecule has 1 unspecified atom stereocenters. The largest absolute Gasteiger partial charge is 0.490 e. The van der Waals surface area contributed by atoms with Crippen LogP contribution in [0.25, 0.3) is 0 Å². The van der Waals surface area contributed by atoms with E-state index in [1.807, 2.05) is 18.2 Å². The Kier molecular flexibility index (Phi) is 9.93. The van der Waals surface area contributed by atoms with Crippen molar-refractivity contribution in [1.82, 2.24) is 10.6 Å². The molecule has 0 amide bonds. The van der Waals surface area contributed by atoms with Crippen LogP contribution >= 0.6 is 24.0 Å². The highest BCUT2D eigenvalue weighted by Gasteiger charge is 2.19. The number of hydrogen-bond acceptors (Lipinski definition) is 5. The third kappa shape index (κ3) is 7.14. The Bertz CT molecular complexity index is 932. The highest BCUT2D eigenvalue weighted by molar-refractivity contribution is 14.0. The van der Waals surface area contributed by atoms with Crippen LogP contribution in [0, 0.1) is 6.92 Å². The van der Waals surface area contributed by atoms with Crippen LogP contribution in [0.4, 0.5) is 0 Å². The number of guanidine groups is 1. The van der Waals surface area contributed by atoms with Gasteiger partial charge in [-0.25, -0.2) is 4.99 Å². The molecule has 2 aliphatic heterocycles. The Balaban J connectivity index is 0.00000306. The molecule has 7 nitrogen and oxygen atoms in total. The highest BCUT2D eigenvalue weighted by Crippen LogP contribution is 2.33. The maximum atomic E-state index is 6.23. The van der Waals surface area contributed by atoms with Crippen molar-refractivity contribution in [3.8, 4) is 17.2 Å². The molecule has 1 saturated heterocycles. The first-order valence-electron chi connectivity index (χ1n) is 11.5. The zero-order valence-electron chi connectivity index (χ0n) is 19.4. The molecule has 4 rings (SSSR count). The summed E-state index contributed by atoms with van der Waals surface area (Å²) in [5, 5.41) is 6.77. The first kappa shape index (κ1) is 25.4. The van der Waals surface area contributed by atoms with Crippen LogP contribution in [0.1, 0.15) is 36.5 Å². The Labute approximate surface area is 213 Å². The lowest BCUT2D eigenvalue weighted by molar-refractivity contribution is 0.140. The second kappa shape index (κ2) is 12.9. The molecule has 2 N–H and O–H groups in total. The molecule has 0 aromatic heterocycles. The van der Waals surface area contributed by atoms with Crippen molar-refractivity contribution in [2.45, 2.75) is 45.9 Å². The summed E-state index contributed by atoms with van der Waals surface area (Å²) in [4.78, 5) is 4.79. The fourth-order valence-corrected chi connectivity index (χ4v) is 3.77. The standard InChI is InChI=1S/C25H33N3O4.HI/c1-3-26-25(28-16-20-6-4-7-22-24(20)31-12-5-11-30-22)27-15-19-9-8-18(2)14-23(19)32-21-10-13-29-17-21;/h4,6-9,14,21H,3,5,10-13,15-17H2,1-2H3,(H2,26,27,28);1H. The van der Waals surface area contributed by atoms with E-state index in [0.717, 1.165) is 60.3 Å². The van der Waals surface area contributed by atoms with E-state index in [1.165, 1.54) is 5.56 Å². The van der Waals surface area contributed by atoms with E-state index in [-0.39, 0.29) is 30.1 Å². The van der Waals surface area contributed by atoms with Crippen LogP contribution < -0.4 is 24.8 Å². The summed E-state index contributed by atoms with van der Waals surface area (Å²) >= 11 is 0. The van der Waals surface area contributed by atoms with Gasteiger partial charge in [0, 0.05) is 37.1 Å². The van der Waals surface area contributed by atoms with Gasteiger partial charge in [0.15, 0.2) is 17.5 Å². The van der Waals surface area contributed by atoms with Crippen LogP contribution in [-0.4, -0.2) is 45.0 Å². The van der Waals surface area contributed by atoms with Gasteiger partial charge in [-0.2, -0.15) is 0 Å². The minimum absolute atomic E-state index is 0. The van der Waals surface area contributed by atoms with Gasteiger partial charge in [-0.1, -0.05) is 24.3 Å². The van der Waals surface area contributed by atoms with E-state index < -0.39 is 0 Å². The lowest BCUT2D eigenvalue weighted by atomic mass is 10.1. The van der Waals surface area contributed by atoms with Crippen molar-refractivity contribution in [2.75, 3.05) is 33.0 Å². The van der Waals surface area contributed by atoms with Crippen LogP contribution in [0.2, 0.25) is 0 Å². The first-order valence-corrected chi connectivity index (χ1v) is 11.5. The Morgan fingerprint density at radius 2 is 1.97 bits per heavy atom. The fourth-order valence-electron chi connectivity index (χ4n) is 3.77. The Hall–Kier alpha value is -2.20. The van der Waals surface area contributed by atoms with Crippen LogP contribution in [0.5, 0.6) is 17.2 Å². The van der Waals surface area contributed by atoms with Gasteiger partial charge in [0.2, 0.25) is 0 Å². The number of ether oxygens (including phenoxy) is 4. The summed E-state index contributed by atoms with van der Waals surface area (Å²) in [5.41, 5.74) is 3.29. The molecule has 0 bridgehead atoms. The number of benzene rings is 2. The number of halogens is 1. The molecule has 2 aromatic carbocycles. The van der Waals surface area contributed by atoms with Gasteiger partial charge in [-0.15, -0.1) is 24.0 Å². The molecular weight excluding hydrogens is 533 g/mol. The molecule has 0 spiro atoms. The summed E-state index contributed by atoms with van der Waals surface area (Å²) in [6.07, 6.45) is 1.93. The van der Waals surface area contributed by atoms with Crippen LogP contribution in [0.3, 0.4) is 0 Å². The molecule has 1 fully saturated rings. The minimum Gasteiger partial charge on any atom is -0.490 e. The van der Waals surface area contributed by atoms with Crippen LogP contribution in [-0.2, 0) is 17.8 Å². The van der Waals surface area contributed by atoms with E-state index in [9.17, 15) is 0 Å². The Morgan fingerprint density at radius 3 is 2.79 bits per heavy atom. The molecule has 2 aliphatic rings. The van der Waals surface area contributed by atoms with Gasteiger partial charge in [-0.3, -0.25) is 0 Å². The number of aliphatic imine (C=N–C) groups is 1. The summed E-state index contributed by atoms with van der Waals surface area (Å²) in [7, 11) is 0. The molecule has 0 radical (unpaired) electrons. The minimum atomic E-state index is 0. The Morgan fingerprint density at radius 1 is 1.09 bits per heavy atom. The molecule has 8 heteroatoms. The normalized spacial score (nSPS) is 17.6. The number of fused-ring (bicyclic) bond motifs is 1. The van der Waals surface area contributed by atoms with E-state index in [0.29, 0.717) is 32.9 Å². The molecule has 1 atom stereocenters. The summed E-state index contributed by atoms with van der Waals surface area (Å²) in [5.74, 6) is 3.25. The molecule has 33 heavy (non-hydrogen) atoms. The second-order valence-corrected chi connectivity index (χ2v) is 8.06. The van der Waals surface area contributed by atoms with Gasteiger partial charge in [0.05, 0.1) is 33.0 Å². The maximum Gasteiger partial charge on any atom is 0.191 e. The van der Waals surface area contributed by atoms with Crippen molar-refractivity contribution < 1.29 is 18.9 Å². The smallest absolute Gasteiger partial charge is 0.191 e. The van der Waals surface area contributed by atoms with Crippen LogP contribution in [0.15, 0.2) is 41.4 Å². The highest BCUT2D eigenvalue weighted by atomic mass is 127. The van der Waals surface area contributed by atoms with E-state index in [1.54, 1.807) is 0 Å². The molecule has 2 aromatic rings. The third-order valence-corrected chi connectivity index (χ3v) is 5.46. The molecule has 180 valence electrons. The second-order valence-electron chi connectivity index (χ2n) is 8.06. The summed E-state index contributed by atoms with van der Waals surface area (Å²) < 4.78 is 23.4. The van der Waals surface area contributed by atoms with Gasteiger partial charge in [0.25, 0.3) is 0 Å². The number of rotatable bonds is 7. The molecule has 0 saturated carbocycles. The van der Waals surface area contributed by atoms with Gasteiger partial charge in [-0.05, 0) is 31.5 Å². The lowest BCUT2D eigenvalue weighted by Crippen LogP contribution is -2.37. The summed E-state index contributed by atoms with van der Waals surface area (Å²) in [6.45, 7) is 8.77. The quantitative estimate of drug-likeness (QED) is 0.297. The van der Waals surface area contributed by atoms with Crippen molar-refractivity contribution in [2.24, 2.45) is 4.99 Å². The van der Waals surface area contributed by atoms with E-state index in [2.05, 4.69) is 42.7 Å². The number of hydrogen-bond donors (Lipinski definition) is 2. The van der Waals surface area contributed by atoms with Gasteiger partial charge < -0.3 is 29.6 Å². The zero-order valence-corrected chi connectivity index (χ0v) is 21.7. The number of nitrogens with one attached hydrogen (secondary N) is 2. The van der Waals surface area contributed by atoms with Gasteiger partial charge >= 0.3 is 0 Å². The molecular formula is C25H34IN3O4. The van der Waals surface area contributed by atoms with Crippen molar-refractivity contribution in [3.63, 3.8) is 0 Å². The predicted octanol–water partition coefficient (Wildman–Crippen LogP) is 4.20. The van der Waals surface area contributed by atoms with Crippen molar-refractivity contribution in [3.05, 3.63) is 53.1 Å². The number of para-hydroxylation sites is 1. The van der Waals surface area contributed by atoms with E-state index in [4.69, 9.17) is 23.9 Å². The molecule has 0 aliphatic carbocycles. The first-order chi connectivity index (χ1) is 15.7. The third-order valence-electron chi connectivity index (χ3n) is 5.46. The average Bonchev–Trinajstić information content (AvgIpc) is 3.18. The van der Waals surface area contributed by atoms with Crippen molar-refractivity contribution in [1.29, 1.82) is 0 Å². The average molecular weight is 567 g/mol. The van der Waals surface area contributed by atoms with E-state index >= 15 is 0 Å². The zero-order chi connectivity index (χ0) is 22.2. The number of nitrogens with zero attached hydrogens (tertiary/aromatic N) is 1. The maximum absolute atomic E-state index is 6.23.